The lowest BCUT2D eigenvalue weighted by Crippen LogP contribution is -2.56. The lowest BCUT2D eigenvalue weighted by molar-refractivity contribution is -0.147. The van der Waals surface area contributed by atoms with Gasteiger partial charge in [0, 0.05) is 13.2 Å². The Bertz CT molecular complexity index is 692. The van der Waals surface area contributed by atoms with Gasteiger partial charge in [0.1, 0.15) is 23.7 Å². The summed E-state index contributed by atoms with van der Waals surface area (Å²) in [5.41, 5.74) is -0.717. The van der Waals surface area contributed by atoms with Crippen LogP contribution >= 0.6 is 0 Å². The lowest BCUT2D eigenvalue weighted by atomic mass is 10.1. The van der Waals surface area contributed by atoms with Gasteiger partial charge in [-0.1, -0.05) is 25.7 Å². The average molecular weight is 470 g/mol. The van der Waals surface area contributed by atoms with Gasteiger partial charge in [-0.15, -0.1) is 0 Å². The van der Waals surface area contributed by atoms with Gasteiger partial charge in [-0.3, -0.25) is 9.59 Å². The number of esters is 1. The normalized spacial score (nSPS) is 26.2. The Kier molecular flexibility index (Phi) is 10.4. The van der Waals surface area contributed by atoms with Crippen molar-refractivity contribution in [1.29, 1.82) is 0 Å². The second-order valence-electron chi connectivity index (χ2n) is 9.60. The number of ether oxygens (including phenoxy) is 3. The standard InChI is InChI=1S/C23H39N3O7/c1-23(2,3)33-22(30)25-17-15-32-14-9-7-5-6-8-11-16(21(29)31-4)24-19(27)18-12-10-13-26(18)20(17)28/h16-18H,5-15H2,1-4H3,(H,24,27)(H,25,30)/t16-,17-,18-/m0/s1. The highest BCUT2D eigenvalue weighted by atomic mass is 16.6. The van der Waals surface area contributed by atoms with Crippen molar-refractivity contribution in [3.05, 3.63) is 0 Å². The molecule has 0 spiro atoms. The molecule has 0 aromatic carbocycles. The molecule has 3 atom stereocenters. The van der Waals surface area contributed by atoms with Gasteiger partial charge in [-0.25, -0.2) is 9.59 Å². The molecule has 33 heavy (non-hydrogen) atoms. The number of amides is 3. The highest BCUT2D eigenvalue weighted by Gasteiger charge is 2.39. The van der Waals surface area contributed by atoms with Crippen molar-refractivity contribution in [3.8, 4) is 0 Å². The second kappa shape index (κ2) is 12.8. The number of carbonyl (C=O) groups is 4. The quantitative estimate of drug-likeness (QED) is 0.592. The molecule has 188 valence electrons. The van der Waals surface area contributed by atoms with Crippen molar-refractivity contribution in [3.63, 3.8) is 0 Å². The molecule has 2 aliphatic rings. The zero-order valence-electron chi connectivity index (χ0n) is 20.3. The second-order valence-corrected chi connectivity index (χ2v) is 9.60. The highest BCUT2D eigenvalue weighted by Crippen LogP contribution is 2.20. The summed E-state index contributed by atoms with van der Waals surface area (Å²) in [5, 5.41) is 5.39. The molecule has 10 heteroatoms. The molecule has 0 aromatic rings. The SMILES string of the molecule is COC(=O)[C@@H]1CCCCCCCOC[C@H](NC(=O)OC(C)(C)C)C(=O)N2CCC[C@H]2C(=O)N1. The van der Waals surface area contributed by atoms with Gasteiger partial charge in [-0.05, 0) is 46.5 Å². The van der Waals surface area contributed by atoms with Crippen molar-refractivity contribution in [2.75, 3.05) is 26.9 Å². The van der Waals surface area contributed by atoms with E-state index in [1.165, 1.54) is 12.0 Å². The van der Waals surface area contributed by atoms with Gasteiger partial charge in [0.15, 0.2) is 0 Å². The van der Waals surface area contributed by atoms with Crippen LogP contribution in [0.25, 0.3) is 0 Å². The molecular formula is C23H39N3O7. The van der Waals surface area contributed by atoms with Crippen LogP contribution in [0.3, 0.4) is 0 Å². The molecule has 2 heterocycles. The molecule has 0 bridgehead atoms. The number of hydrogen-bond donors (Lipinski definition) is 2. The molecule has 10 nitrogen and oxygen atoms in total. The fourth-order valence-corrected chi connectivity index (χ4v) is 4.07. The van der Waals surface area contributed by atoms with Crippen molar-refractivity contribution in [1.82, 2.24) is 15.5 Å². The number of nitrogens with zero attached hydrogens (tertiary/aromatic N) is 1. The van der Waals surface area contributed by atoms with E-state index in [4.69, 9.17) is 14.2 Å². The van der Waals surface area contributed by atoms with Crippen LogP contribution in [0, 0.1) is 0 Å². The zero-order valence-corrected chi connectivity index (χ0v) is 20.3. The first-order valence-corrected chi connectivity index (χ1v) is 11.9. The summed E-state index contributed by atoms with van der Waals surface area (Å²) >= 11 is 0. The smallest absolute Gasteiger partial charge is 0.408 e. The van der Waals surface area contributed by atoms with Gasteiger partial charge in [-0.2, -0.15) is 0 Å². The third-order valence-electron chi connectivity index (χ3n) is 5.70. The summed E-state index contributed by atoms with van der Waals surface area (Å²) in [5.74, 6) is -1.28. The molecule has 2 rings (SSSR count). The van der Waals surface area contributed by atoms with E-state index in [9.17, 15) is 19.2 Å². The molecule has 0 saturated carbocycles. The maximum absolute atomic E-state index is 13.3. The fourth-order valence-electron chi connectivity index (χ4n) is 4.07. The van der Waals surface area contributed by atoms with Gasteiger partial charge in [0.2, 0.25) is 11.8 Å². The largest absolute Gasteiger partial charge is 0.467 e. The number of hydrogen-bond acceptors (Lipinski definition) is 7. The maximum Gasteiger partial charge on any atom is 0.408 e. The number of alkyl carbamates (subject to hydrolysis) is 1. The third kappa shape index (κ3) is 8.83. The van der Waals surface area contributed by atoms with Crippen LogP contribution in [0.15, 0.2) is 0 Å². The van der Waals surface area contributed by atoms with Gasteiger partial charge >= 0.3 is 12.1 Å². The summed E-state index contributed by atoms with van der Waals surface area (Å²) in [4.78, 5) is 52.4. The Morgan fingerprint density at radius 3 is 2.45 bits per heavy atom. The molecule has 2 N–H and O–H groups in total. The van der Waals surface area contributed by atoms with Crippen LogP contribution in [-0.2, 0) is 28.6 Å². The molecule has 2 aliphatic heterocycles. The Hall–Kier alpha value is -2.36. The molecule has 0 aliphatic carbocycles. The lowest BCUT2D eigenvalue weighted by Gasteiger charge is -2.30. The molecule has 3 amide bonds. The number of fused-ring (bicyclic) bond motifs is 1. The fraction of sp³-hybridized carbons (Fsp3) is 0.826. The van der Waals surface area contributed by atoms with E-state index >= 15 is 0 Å². The summed E-state index contributed by atoms with van der Waals surface area (Å²) < 4.78 is 15.9. The predicted molar refractivity (Wildman–Crippen MR) is 120 cm³/mol. The predicted octanol–water partition coefficient (Wildman–Crippen LogP) is 1.90. The first-order valence-electron chi connectivity index (χ1n) is 11.9. The number of carbonyl (C=O) groups excluding carboxylic acids is 4. The Balaban J connectivity index is 2.18. The summed E-state index contributed by atoms with van der Waals surface area (Å²) in [7, 11) is 1.30. The van der Waals surface area contributed by atoms with Crippen LogP contribution in [-0.4, -0.2) is 79.4 Å². The molecule has 2 saturated heterocycles. The first kappa shape index (κ1) is 26.9. The molecule has 2 fully saturated rings. The van der Waals surface area contributed by atoms with E-state index in [1.54, 1.807) is 20.8 Å². The van der Waals surface area contributed by atoms with Crippen molar-refractivity contribution in [2.45, 2.75) is 95.9 Å². The number of nitrogens with one attached hydrogen (secondary N) is 2. The van der Waals surface area contributed by atoms with Crippen molar-refractivity contribution >= 4 is 23.9 Å². The minimum atomic E-state index is -0.974. The minimum absolute atomic E-state index is 0.00625. The monoisotopic (exact) mass is 469 g/mol. The van der Waals surface area contributed by atoms with E-state index in [1.807, 2.05) is 0 Å². The van der Waals surface area contributed by atoms with E-state index in [2.05, 4.69) is 10.6 Å². The Morgan fingerprint density at radius 2 is 1.76 bits per heavy atom. The minimum Gasteiger partial charge on any atom is -0.467 e. The Morgan fingerprint density at radius 1 is 1.06 bits per heavy atom. The van der Waals surface area contributed by atoms with Crippen LogP contribution in [0.1, 0.15) is 72.1 Å². The maximum atomic E-state index is 13.3. The summed E-state index contributed by atoms with van der Waals surface area (Å²) in [6.45, 7) is 6.06. The molecular weight excluding hydrogens is 430 g/mol. The van der Waals surface area contributed by atoms with Crippen LogP contribution in [0.4, 0.5) is 4.79 Å². The number of methoxy groups -OCH3 is 1. The molecule has 0 radical (unpaired) electrons. The van der Waals surface area contributed by atoms with Gasteiger partial charge in [0.25, 0.3) is 0 Å². The van der Waals surface area contributed by atoms with Crippen LogP contribution < -0.4 is 10.6 Å². The molecule has 0 aromatic heterocycles. The topological polar surface area (TPSA) is 123 Å². The summed E-state index contributed by atoms with van der Waals surface area (Å²) in [6.07, 6.45) is 5.36. The first-order chi connectivity index (χ1) is 15.6. The van der Waals surface area contributed by atoms with E-state index in [-0.39, 0.29) is 12.5 Å². The van der Waals surface area contributed by atoms with Crippen molar-refractivity contribution in [2.24, 2.45) is 0 Å². The van der Waals surface area contributed by atoms with Crippen molar-refractivity contribution < 1.29 is 33.4 Å². The number of rotatable bonds is 2. The van der Waals surface area contributed by atoms with Crippen LogP contribution in [0.5, 0.6) is 0 Å². The molecule has 0 unspecified atom stereocenters. The average Bonchev–Trinajstić information content (AvgIpc) is 3.23. The van der Waals surface area contributed by atoms with E-state index < -0.39 is 41.7 Å². The Labute approximate surface area is 196 Å². The van der Waals surface area contributed by atoms with E-state index in [0.717, 1.165) is 32.1 Å². The van der Waals surface area contributed by atoms with Gasteiger partial charge < -0.3 is 29.7 Å². The highest BCUT2D eigenvalue weighted by molar-refractivity contribution is 5.93. The van der Waals surface area contributed by atoms with Crippen LogP contribution in [0.2, 0.25) is 0 Å². The third-order valence-corrected chi connectivity index (χ3v) is 5.70. The van der Waals surface area contributed by atoms with E-state index in [0.29, 0.717) is 32.4 Å². The zero-order chi connectivity index (χ0) is 24.4. The summed E-state index contributed by atoms with van der Waals surface area (Å²) in [6, 6.07) is -2.44. The van der Waals surface area contributed by atoms with Gasteiger partial charge in [0.05, 0.1) is 13.7 Å².